The van der Waals surface area contributed by atoms with E-state index < -0.39 is 29.7 Å². The van der Waals surface area contributed by atoms with Crippen LogP contribution < -0.4 is 5.32 Å². The van der Waals surface area contributed by atoms with Gasteiger partial charge in [-0.1, -0.05) is 0 Å². The van der Waals surface area contributed by atoms with Crippen LogP contribution >= 0.6 is 0 Å². The van der Waals surface area contributed by atoms with E-state index in [1.807, 2.05) is 0 Å². The summed E-state index contributed by atoms with van der Waals surface area (Å²) < 4.78 is 5.20. The first kappa shape index (κ1) is 12.6. The lowest BCUT2D eigenvalue weighted by Crippen LogP contribution is -2.54. The average molecular weight is 276 g/mol. The van der Waals surface area contributed by atoms with Crippen LogP contribution in [0.1, 0.15) is 19.8 Å². The highest BCUT2D eigenvalue weighted by Gasteiger charge is 2.47. The summed E-state index contributed by atoms with van der Waals surface area (Å²) in [7, 11) is 0. The molecule has 2 unspecified atom stereocenters. The van der Waals surface area contributed by atoms with Crippen LogP contribution in [0.3, 0.4) is 0 Å². The van der Waals surface area contributed by atoms with Crippen molar-refractivity contribution in [2.24, 2.45) is 0 Å². The number of hydrogen-bond donors (Lipinski definition) is 1. The summed E-state index contributed by atoms with van der Waals surface area (Å²) in [4.78, 5) is 48.4. The molecule has 7 heteroatoms. The van der Waals surface area contributed by atoms with E-state index in [0.717, 1.165) is 4.90 Å². The molecule has 0 aromatic heterocycles. The first-order valence-corrected chi connectivity index (χ1v) is 6.28. The Morgan fingerprint density at radius 2 is 1.90 bits per heavy atom. The molecule has 2 fully saturated rings. The van der Waals surface area contributed by atoms with Crippen molar-refractivity contribution in [1.82, 2.24) is 10.2 Å². The molecule has 7 nitrogen and oxygen atoms in total. The second kappa shape index (κ2) is 4.29. The Bertz CT molecular complexity index is 604. The first-order valence-electron chi connectivity index (χ1n) is 6.28. The standard InChI is InChI=1S/C13H12N2O5/c1-6-4-7-8(5-20-6)13(19)15(12(7)18)9-2-3-10(16)14-11(9)17/h4-6,9H,2-3H2,1H3,(H,14,16,17). The van der Waals surface area contributed by atoms with E-state index in [-0.39, 0.29) is 30.1 Å². The van der Waals surface area contributed by atoms with Gasteiger partial charge >= 0.3 is 0 Å². The van der Waals surface area contributed by atoms with Crippen molar-refractivity contribution in [2.45, 2.75) is 31.9 Å². The maximum Gasteiger partial charge on any atom is 0.265 e. The molecule has 104 valence electrons. The number of hydrogen-bond acceptors (Lipinski definition) is 5. The predicted octanol–water partition coefficient (Wildman–Crippen LogP) is -0.611. The highest BCUT2D eigenvalue weighted by atomic mass is 16.5. The SMILES string of the molecule is CC1C=C2C(=O)N(C3CCC(=O)NC3=O)C(=O)C2=CO1. The van der Waals surface area contributed by atoms with Gasteiger partial charge in [-0.25, -0.2) is 0 Å². The summed E-state index contributed by atoms with van der Waals surface area (Å²) >= 11 is 0. The van der Waals surface area contributed by atoms with Crippen LogP contribution in [0.2, 0.25) is 0 Å². The molecule has 0 saturated carbocycles. The maximum atomic E-state index is 12.3. The normalized spacial score (nSPS) is 29.6. The lowest BCUT2D eigenvalue weighted by Gasteiger charge is -2.27. The van der Waals surface area contributed by atoms with Crippen molar-refractivity contribution >= 4 is 23.6 Å². The van der Waals surface area contributed by atoms with Crippen LogP contribution in [0.4, 0.5) is 0 Å². The number of carbonyl (C=O) groups excluding carboxylic acids is 4. The molecule has 3 heterocycles. The van der Waals surface area contributed by atoms with Crippen molar-refractivity contribution < 1.29 is 23.9 Å². The number of rotatable bonds is 1. The minimum Gasteiger partial charge on any atom is -0.493 e. The topological polar surface area (TPSA) is 92.8 Å². The van der Waals surface area contributed by atoms with Gasteiger partial charge in [-0.3, -0.25) is 29.4 Å². The molecular weight excluding hydrogens is 264 g/mol. The molecule has 3 aliphatic heterocycles. The molecule has 4 amide bonds. The van der Waals surface area contributed by atoms with Gasteiger partial charge in [-0.15, -0.1) is 0 Å². The highest BCUT2D eigenvalue weighted by molar-refractivity contribution is 6.26. The number of nitrogens with zero attached hydrogens (tertiary/aromatic N) is 1. The minimum atomic E-state index is -0.935. The van der Waals surface area contributed by atoms with Crippen molar-refractivity contribution in [1.29, 1.82) is 0 Å². The van der Waals surface area contributed by atoms with E-state index in [1.165, 1.54) is 6.26 Å². The smallest absolute Gasteiger partial charge is 0.265 e. The summed E-state index contributed by atoms with van der Waals surface area (Å²) in [5.74, 6) is -2.07. The zero-order valence-electron chi connectivity index (χ0n) is 10.7. The summed E-state index contributed by atoms with van der Waals surface area (Å²) in [5, 5.41) is 2.14. The van der Waals surface area contributed by atoms with Crippen molar-refractivity contribution in [3.8, 4) is 0 Å². The van der Waals surface area contributed by atoms with Gasteiger partial charge in [0.2, 0.25) is 11.8 Å². The van der Waals surface area contributed by atoms with E-state index in [9.17, 15) is 19.2 Å². The van der Waals surface area contributed by atoms with Gasteiger partial charge in [0.15, 0.2) is 0 Å². The Hall–Kier alpha value is -2.44. The fraction of sp³-hybridized carbons (Fsp3) is 0.385. The van der Waals surface area contributed by atoms with E-state index >= 15 is 0 Å². The van der Waals surface area contributed by atoms with Gasteiger partial charge in [-0.2, -0.15) is 0 Å². The Morgan fingerprint density at radius 3 is 2.60 bits per heavy atom. The molecule has 0 spiro atoms. The van der Waals surface area contributed by atoms with E-state index in [1.54, 1.807) is 13.0 Å². The van der Waals surface area contributed by atoms with Crippen LogP contribution in [0, 0.1) is 0 Å². The second-order valence-electron chi connectivity index (χ2n) is 4.90. The summed E-state index contributed by atoms with van der Waals surface area (Å²) in [6.45, 7) is 1.74. The fourth-order valence-electron chi connectivity index (χ4n) is 2.52. The molecule has 3 rings (SSSR count). The lowest BCUT2D eigenvalue weighted by molar-refractivity contribution is -0.149. The second-order valence-corrected chi connectivity index (χ2v) is 4.90. The lowest BCUT2D eigenvalue weighted by atomic mass is 10.0. The van der Waals surface area contributed by atoms with Crippen molar-refractivity contribution in [3.05, 3.63) is 23.5 Å². The monoisotopic (exact) mass is 276 g/mol. The Kier molecular flexibility index (Phi) is 2.70. The number of amides is 4. The molecule has 0 radical (unpaired) electrons. The average Bonchev–Trinajstić information content (AvgIpc) is 2.63. The maximum absolute atomic E-state index is 12.3. The molecule has 20 heavy (non-hydrogen) atoms. The van der Waals surface area contributed by atoms with Crippen LogP contribution in [0.25, 0.3) is 0 Å². The summed E-state index contributed by atoms with van der Waals surface area (Å²) in [6, 6.07) is -0.935. The summed E-state index contributed by atoms with van der Waals surface area (Å²) in [5.41, 5.74) is 0.427. The molecule has 3 aliphatic rings. The number of ether oxygens (including phenoxy) is 1. The predicted molar refractivity (Wildman–Crippen MR) is 64.7 cm³/mol. The van der Waals surface area contributed by atoms with Crippen LogP contribution in [-0.2, 0) is 23.9 Å². The third kappa shape index (κ3) is 1.74. The quantitative estimate of drug-likeness (QED) is 0.645. The molecule has 2 saturated heterocycles. The fourth-order valence-corrected chi connectivity index (χ4v) is 2.52. The number of imide groups is 2. The number of piperidine rings is 1. The third-order valence-electron chi connectivity index (χ3n) is 3.51. The van der Waals surface area contributed by atoms with E-state index in [4.69, 9.17) is 4.74 Å². The van der Waals surface area contributed by atoms with Gasteiger partial charge in [0, 0.05) is 6.42 Å². The van der Waals surface area contributed by atoms with Crippen LogP contribution in [-0.4, -0.2) is 40.7 Å². The molecule has 0 bridgehead atoms. The van der Waals surface area contributed by atoms with Gasteiger partial charge in [0.05, 0.1) is 17.4 Å². The van der Waals surface area contributed by atoms with E-state index in [2.05, 4.69) is 5.32 Å². The van der Waals surface area contributed by atoms with Crippen LogP contribution in [0.15, 0.2) is 23.5 Å². The number of fused-ring (bicyclic) bond motifs is 1. The van der Waals surface area contributed by atoms with Gasteiger partial charge < -0.3 is 4.74 Å². The molecule has 0 aromatic rings. The Morgan fingerprint density at radius 1 is 1.20 bits per heavy atom. The number of carbonyl (C=O) groups is 4. The zero-order valence-corrected chi connectivity index (χ0v) is 10.7. The van der Waals surface area contributed by atoms with Gasteiger partial charge in [-0.05, 0) is 19.4 Å². The van der Waals surface area contributed by atoms with Crippen molar-refractivity contribution in [3.63, 3.8) is 0 Å². The van der Waals surface area contributed by atoms with Gasteiger partial charge in [0.1, 0.15) is 12.1 Å². The van der Waals surface area contributed by atoms with Crippen LogP contribution in [0.5, 0.6) is 0 Å². The number of likely N-dealkylation sites (tertiary alicyclic amines) is 1. The Balaban J connectivity index is 1.94. The van der Waals surface area contributed by atoms with Gasteiger partial charge in [0.25, 0.3) is 11.8 Å². The molecule has 0 aromatic carbocycles. The third-order valence-corrected chi connectivity index (χ3v) is 3.51. The molecule has 1 N–H and O–H groups in total. The largest absolute Gasteiger partial charge is 0.493 e. The minimum absolute atomic E-state index is 0.110. The Labute approximate surface area is 114 Å². The highest BCUT2D eigenvalue weighted by Crippen LogP contribution is 2.32. The first-order chi connectivity index (χ1) is 9.49. The zero-order chi connectivity index (χ0) is 14.4. The molecule has 2 atom stereocenters. The molecule has 0 aliphatic carbocycles. The summed E-state index contributed by atoms with van der Waals surface area (Å²) in [6.07, 6.45) is 2.78. The van der Waals surface area contributed by atoms with E-state index in [0.29, 0.717) is 0 Å². The molecular formula is C13H12N2O5. The van der Waals surface area contributed by atoms with Crippen molar-refractivity contribution in [2.75, 3.05) is 0 Å². The number of nitrogens with one attached hydrogen (secondary N) is 1.